The lowest BCUT2D eigenvalue weighted by atomic mass is 10.1. The molecular weight excluding hydrogens is 328 g/mol. The number of nitrogens with one attached hydrogen (secondary N) is 2. The first-order valence-electron chi connectivity index (χ1n) is 7.20. The van der Waals surface area contributed by atoms with Gasteiger partial charge in [-0.3, -0.25) is 9.59 Å². The molecule has 0 atom stereocenters. The minimum Gasteiger partial charge on any atom is -0.352 e. The molecule has 2 N–H and O–H groups in total. The number of rotatable bonds is 5. The maximum atomic E-state index is 12.2. The molecule has 0 aliphatic rings. The largest absolute Gasteiger partial charge is 0.352 e. The minimum absolute atomic E-state index is 0.123. The molecule has 0 heterocycles. The summed E-state index contributed by atoms with van der Waals surface area (Å²) in [6.45, 7) is 1.83. The second kappa shape index (κ2) is 7.27. The Bertz CT molecular complexity index is 858. The molecule has 2 aromatic carbocycles. The molecule has 2 amide bonds. The first-order chi connectivity index (χ1) is 11.3. The molecule has 0 aliphatic heterocycles. The van der Waals surface area contributed by atoms with Crippen LogP contribution in [0.2, 0.25) is 0 Å². The molecule has 0 radical (unpaired) electrons. The molecule has 7 heteroatoms. The number of benzene rings is 2. The maximum absolute atomic E-state index is 12.2. The molecule has 0 aromatic heterocycles. The van der Waals surface area contributed by atoms with E-state index >= 15 is 0 Å². The summed E-state index contributed by atoms with van der Waals surface area (Å²) in [5.41, 5.74) is 1.72. The first kappa shape index (κ1) is 17.7. The fourth-order valence-electron chi connectivity index (χ4n) is 2.01. The van der Waals surface area contributed by atoms with Crippen LogP contribution in [0.5, 0.6) is 0 Å². The Hall–Kier alpha value is -2.67. The second-order valence-electron chi connectivity index (χ2n) is 5.36. The van der Waals surface area contributed by atoms with Crippen LogP contribution >= 0.6 is 0 Å². The molecule has 0 fully saturated rings. The number of anilines is 1. The molecular formula is C17H18N2O4S. The van der Waals surface area contributed by atoms with Gasteiger partial charge in [0.15, 0.2) is 9.84 Å². The Morgan fingerprint density at radius 3 is 2.29 bits per heavy atom. The molecule has 0 bridgehead atoms. The maximum Gasteiger partial charge on any atom is 0.255 e. The van der Waals surface area contributed by atoms with Crippen LogP contribution in [-0.4, -0.2) is 26.5 Å². The molecule has 0 aliphatic carbocycles. The van der Waals surface area contributed by atoms with Crippen LogP contribution in [0.15, 0.2) is 53.4 Å². The molecule has 126 valence electrons. The van der Waals surface area contributed by atoms with Crippen LogP contribution in [0, 0.1) is 0 Å². The van der Waals surface area contributed by atoms with Crippen LogP contribution in [0.4, 0.5) is 5.69 Å². The van der Waals surface area contributed by atoms with E-state index < -0.39 is 9.84 Å². The van der Waals surface area contributed by atoms with Crippen molar-refractivity contribution in [2.45, 2.75) is 18.4 Å². The van der Waals surface area contributed by atoms with Crippen molar-refractivity contribution >= 4 is 27.3 Å². The predicted molar refractivity (Wildman–Crippen MR) is 91.5 cm³/mol. The van der Waals surface area contributed by atoms with Gasteiger partial charge in [-0.15, -0.1) is 0 Å². The van der Waals surface area contributed by atoms with E-state index in [1.165, 1.54) is 19.1 Å². The highest BCUT2D eigenvalue weighted by Crippen LogP contribution is 2.16. The van der Waals surface area contributed by atoms with Crippen LogP contribution in [0.1, 0.15) is 22.8 Å². The highest BCUT2D eigenvalue weighted by Gasteiger charge is 2.10. The number of carbonyl (C=O) groups excluding carboxylic acids is 2. The molecule has 0 unspecified atom stereocenters. The van der Waals surface area contributed by atoms with Crippen LogP contribution in [0.3, 0.4) is 0 Å². The topological polar surface area (TPSA) is 92.3 Å². The van der Waals surface area contributed by atoms with E-state index in [-0.39, 0.29) is 16.7 Å². The molecule has 0 spiro atoms. The van der Waals surface area contributed by atoms with Crippen molar-refractivity contribution in [2.24, 2.45) is 0 Å². The number of carbonyl (C=O) groups is 2. The molecule has 0 saturated heterocycles. The monoisotopic (exact) mass is 346 g/mol. The second-order valence-corrected chi connectivity index (χ2v) is 7.38. The summed E-state index contributed by atoms with van der Waals surface area (Å²) in [7, 11) is -3.33. The van der Waals surface area contributed by atoms with Crippen molar-refractivity contribution in [3.05, 3.63) is 59.7 Å². The number of hydrogen-bond acceptors (Lipinski definition) is 4. The average molecular weight is 346 g/mol. The van der Waals surface area contributed by atoms with Gasteiger partial charge in [-0.1, -0.05) is 18.2 Å². The normalized spacial score (nSPS) is 10.9. The van der Waals surface area contributed by atoms with E-state index in [1.54, 1.807) is 36.4 Å². The van der Waals surface area contributed by atoms with E-state index in [4.69, 9.17) is 0 Å². The van der Waals surface area contributed by atoms with Gasteiger partial charge in [-0.05, 0) is 35.9 Å². The summed E-state index contributed by atoms with van der Waals surface area (Å²) >= 11 is 0. The Labute approximate surface area is 140 Å². The van der Waals surface area contributed by atoms with Crippen molar-refractivity contribution < 1.29 is 18.0 Å². The zero-order chi connectivity index (χ0) is 17.7. The molecule has 6 nitrogen and oxygen atoms in total. The fourth-order valence-corrected chi connectivity index (χ4v) is 2.68. The summed E-state index contributed by atoms with van der Waals surface area (Å²) in [4.78, 5) is 23.2. The van der Waals surface area contributed by atoms with Gasteiger partial charge in [0.2, 0.25) is 5.91 Å². The van der Waals surface area contributed by atoms with E-state index in [2.05, 4.69) is 10.6 Å². The van der Waals surface area contributed by atoms with Crippen LogP contribution in [-0.2, 0) is 21.2 Å². The summed E-state index contributed by atoms with van der Waals surface area (Å²) in [5, 5.41) is 5.34. The van der Waals surface area contributed by atoms with Crippen LogP contribution < -0.4 is 10.6 Å². The molecule has 24 heavy (non-hydrogen) atoms. The van der Waals surface area contributed by atoms with Gasteiger partial charge in [0, 0.05) is 31.0 Å². The standard InChI is InChI=1S/C17H18N2O4S/c1-12(20)18-11-13-6-8-14(9-7-13)17(21)19-15-4-3-5-16(10-15)24(2,22)23/h3-10H,11H2,1-2H3,(H,18,20)(H,19,21). The average Bonchev–Trinajstić information content (AvgIpc) is 2.53. The van der Waals surface area contributed by atoms with E-state index in [9.17, 15) is 18.0 Å². The zero-order valence-electron chi connectivity index (χ0n) is 13.4. The number of hydrogen-bond donors (Lipinski definition) is 2. The van der Waals surface area contributed by atoms with Crippen LogP contribution in [0.25, 0.3) is 0 Å². The molecule has 2 aromatic rings. The fraction of sp³-hybridized carbons (Fsp3) is 0.176. The summed E-state index contributed by atoms with van der Waals surface area (Å²) in [5.74, 6) is -0.464. The zero-order valence-corrected chi connectivity index (χ0v) is 14.2. The van der Waals surface area contributed by atoms with Gasteiger partial charge in [0.25, 0.3) is 5.91 Å². The van der Waals surface area contributed by atoms with Gasteiger partial charge in [0.1, 0.15) is 0 Å². The van der Waals surface area contributed by atoms with Gasteiger partial charge in [-0.2, -0.15) is 0 Å². The van der Waals surface area contributed by atoms with E-state index in [0.29, 0.717) is 17.8 Å². The van der Waals surface area contributed by atoms with Crippen molar-refractivity contribution in [1.29, 1.82) is 0 Å². The number of sulfone groups is 1. The lowest BCUT2D eigenvalue weighted by molar-refractivity contribution is -0.119. The summed E-state index contributed by atoms with van der Waals surface area (Å²) < 4.78 is 23.1. The third kappa shape index (κ3) is 4.92. The first-order valence-corrected chi connectivity index (χ1v) is 9.10. The van der Waals surface area contributed by atoms with Gasteiger partial charge in [-0.25, -0.2) is 8.42 Å². The Kier molecular flexibility index (Phi) is 5.35. The number of amides is 2. The van der Waals surface area contributed by atoms with Gasteiger partial charge in [0.05, 0.1) is 4.90 Å². The van der Waals surface area contributed by atoms with Crippen molar-refractivity contribution in [3.63, 3.8) is 0 Å². The Balaban J connectivity index is 2.08. The van der Waals surface area contributed by atoms with E-state index in [1.807, 2.05) is 0 Å². The summed E-state index contributed by atoms with van der Waals surface area (Å²) in [6, 6.07) is 12.9. The molecule has 2 rings (SSSR count). The predicted octanol–water partition coefficient (Wildman–Crippen LogP) is 1.98. The lowest BCUT2D eigenvalue weighted by Gasteiger charge is -2.08. The minimum atomic E-state index is -3.33. The van der Waals surface area contributed by atoms with E-state index in [0.717, 1.165) is 11.8 Å². The van der Waals surface area contributed by atoms with Crippen molar-refractivity contribution in [2.75, 3.05) is 11.6 Å². The third-order valence-corrected chi connectivity index (χ3v) is 4.39. The smallest absolute Gasteiger partial charge is 0.255 e. The SMILES string of the molecule is CC(=O)NCc1ccc(C(=O)Nc2cccc(S(C)(=O)=O)c2)cc1. The highest BCUT2D eigenvalue weighted by molar-refractivity contribution is 7.90. The van der Waals surface area contributed by atoms with Crippen molar-refractivity contribution in [3.8, 4) is 0 Å². The Morgan fingerprint density at radius 2 is 1.71 bits per heavy atom. The molecule has 0 saturated carbocycles. The third-order valence-electron chi connectivity index (χ3n) is 3.28. The Morgan fingerprint density at radius 1 is 1.04 bits per heavy atom. The van der Waals surface area contributed by atoms with Gasteiger partial charge >= 0.3 is 0 Å². The lowest BCUT2D eigenvalue weighted by Crippen LogP contribution is -2.19. The highest BCUT2D eigenvalue weighted by atomic mass is 32.2. The van der Waals surface area contributed by atoms with Gasteiger partial charge < -0.3 is 10.6 Å². The van der Waals surface area contributed by atoms with Crippen molar-refractivity contribution in [1.82, 2.24) is 5.32 Å². The quantitative estimate of drug-likeness (QED) is 0.866. The summed E-state index contributed by atoms with van der Waals surface area (Å²) in [6.07, 6.45) is 1.11.